The average molecular weight is 312 g/mol. The van der Waals surface area contributed by atoms with Crippen molar-refractivity contribution in [2.45, 2.75) is 59.1 Å². The van der Waals surface area contributed by atoms with Gasteiger partial charge in [-0.3, -0.25) is 0 Å². The molecular formula is C15H22ClN3O2. The van der Waals surface area contributed by atoms with E-state index in [0.717, 1.165) is 23.4 Å². The van der Waals surface area contributed by atoms with E-state index >= 15 is 0 Å². The van der Waals surface area contributed by atoms with Crippen LogP contribution < -0.4 is 0 Å². The van der Waals surface area contributed by atoms with Gasteiger partial charge >= 0.3 is 6.09 Å². The fraction of sp³-hybridized carbons (Fsp3) is 0.667. The van der Waals surface area contributed by atoms with Crippen molar-refractivity contribution in [1.29, 1.82) is 0 Å². The molecule has 0 saturated heterocycles. The average Bonchev–Trinajstić information content (AvgIpc) is 2.36. The van der Waals surface area contributed by atoms with E-state index in [0.29, 0.717) is 13.1 Å². The number of hydrogen-bond acceptors (Lipinski definition) is 4. The highest BCUT2D eigenvalue weighted by Gasteiger charge is 2.31. The molecule has 1 unspecified atom stereocenters. The summed E-state index contributed by atoms with van der Waals surface area (Å²) in [7, 11) is 0. The molecule has 1 aromatic heterocycles. The number of rotatable bonds is 1. The van der Waals surface area contributed by atoms with E-state index in [2.05, 4.69) is 9.97 Å². The van der Waals surface area contributed by atoms with Crippen LogP contribution in [0.25, 0.3) is 0 Å². The molecule has 1 aliphatic rings. The van der Waals surface area contributed by atoms with Crippen molar-refractivity contribution in [2.24, 2.45) is 0 Å². The molecule has 0 spiro atoms. The number of ether oxygens (including phenoxy) is 1. The van der Waals surface area contributed by atoms with Gasteiger partial charge in [-0.25, -0.2) is 14.8 Å². The van der Waals surface area contributed by atoms with Crippen LogP contribution in [-0.4, -0.2) is 33.1 Å². The molecule has 21 heavy (non-hydrogen) atoms. The van der Waals surface area contributed by atoms with E-state index in [1.165, 1.54) is 0 Å². The summed E-state index contributed by atoms with van der Waals surface area (Å²) in [6.07, 6.45) is 0.469. The fourth-order valence-electron chi connectivity index (χ4n) is 2.53. The molecule has 1 aliphatic heterocycles. The minimum atomic E-state index is -0.495. The summed E-state index contributed by atoms with van der Waals surface area (Å²) < 4.78 is 5.46. The number of carbonyl (C=O) groups excluding carboxylic acids is 1. The second-order valence-electron chi connectivity index (χ2n) is 6.42. The lowest BCUT2D eigenvalue weighted by atomic mass is 9.95. The summed E-state index contributed by atoms with van der Waals surface area (Å²) in [6.45, 7) is 10.7. The van der Waals surface area contributed by atoms with Gasteiger partial charge in [-0.2, -0.15) is 0 Å². The second kappa shape index (κ2) is 5.79. The number of amides is 1. The van der Waals surface area contributed by atoms with Crippen molar-refractivity contribution < 1.29 is 9.53 Å². The molecule has 0 aromatic carbocycles. The molecule has 116 valence electrons. The van der Waals surface area contributed by atoms with Crippen molar-refractivity contribution in [1.82, 2.24) is 14.9 Å². The molecule has 0 fully saturated rings. The van der Waals surface area contributed by atoms with Gasteiger partial charge in [0.25, 0.3) is 0 Å². The maximum absolute atomic E-state index is 12.3. The molecule has 2 rings (SSSR count). The van der Waals surface area contributed by atoms with Crippen LogP contribution in [0.4, 0.5) is 4.79 Å². The van der Waals surface area contributed by atoms with E-state index in [-0.39, 0.29) is 17.3 Å². The number of halogens is 1. The highest BCUT2D eigenvalue weighted by molar-refractivity contribution is 6.28. The highest BCUT2D eigenvalue weighted by atomic mass is 35.5. The zero-order valence-electron chi connectivity index (χ0n) is 13.2. The van der Waals surface area contributed by atoms with Gasteiger partial charge in [-0.05, 0) is 38.8 Å². The van der Waals surface area contributed by atoms with Crippen molar-refractivity contribution in [3.63, 3.8) is 0 Å². The summed E-state index contributed by atoms with van der Waals surface area (Å²) in [5.74, 6) is 0.118. The van der Waals surface area contributed by atoms with Crippen LogP contribution in [0.2, 0.25) is 5.28 Å². The Hall–Kier alpha value is -1.36. The van der Waals surface area contributed by atoms with Crippen LogP contribution in [0.3, 0.4) is 0 Å². The molecule has 2 heterocycles. The molecule has 0 saturated carbocycles. The van der Waals surface area contributed by atoms with E-state index in [1.54, 1.807) is 4.90 Å². The Balaban J connectivity index is 2.29. The summed E-state index contributed by atoms with van der Waals surface area (Å²) in [6, 6.07) is 0. The third-order valence-corrected chi connectivity index (χ3v) is 3.56. The standard InChI is InChI=1S/C15H22ClN3O2/c1-6-11-10-8-19(14(20)21-15(3,4)5)7-9(2)12(10)18-13(16)17-11/h9H,6-8H2,1-5H3. The van der Waals surface area contributed by atoms with Gasteiger partial charge in [-0.15, -0.1) is 0 Å². The van der Waals surface area contributed by atoms with Crippen LogP contribution in [0.5, 0.6) is 0 Å². The van der Waals surface area contributed by atoms with Crippen molar-refractivity contribution in [3.05, 3.63) is 22.2 Å². The first-order valence-corrected chi connectivity index (χ1v) is 7.62. The lowest BCUT2D eigenvalue weighted by Gasteiger charge is -2.34. The summed E-state index contributed by atoms with van der Waals surface area (Å²) in [5.41, 5.74) is 2.37. The van der Waals surface area contributed by atoms with Crippen molar-refractivity contribution >= 4 is 17.7 Å². The summed E-state index contributed by atoms with van der Waals surface area (Å²) in [5, 5.41) is 0.281. The van der Waals surface area contributed by atoms with E-state index in [1.807, 2.05) is 34.6 Å². The van der Waals surface area contributed by atoms with Gasteiger partial charge in [0.2, 0.25) is 5.28 Å². The van der Waals surface area contributed by atoms with Gasteiger partial charge in [0.15, 0.2) is 0 Å². The number of aryl methyl sites for hydroxylation is 1. The van der Waals surface area contributed by atoms with E-state index in [9.17, 15) is 4.79 Å². The minimum Gasteiger partial charge on any atom is -0.444 e. The monoisotopic (exact) mass is 311 g/mol. The molecular weight excluding hydrogens is 290 g/mol. The Morgan fingerprint density at radius 2 is 2.10 bits per heavy atom. The van der Waals surface area contributed by atoms with Gasteiger partial charge in [-0.1, -0.05) is 13.8 Å². The molecule has 0 N–H and O–H groups in total. The molecule has 5 nitrogen and oxygen atoms in total. The molecule has 0 radical (unpaired) electrons. The number of carbonyl (C=O) groups is 1. The SMILES string of the molecule is CCc1nc(Cl)nc2c1CN(C(=O)OC(C)(C)C)CC2C. The summed E-state index contributed by atoms with van der Waals surface area (Å²) >= 11 is 5.98. The zero-order chi connectivity index (χ0) is 15.8. The number of aromatic nitrogens is 2. The first-order valence-electron chi connectivity index (χ1n) is 7.24. The van der Waals surface area contributed by atoms with Crippen LogP contribution in [-0.2, 0) is 17.7 Å². The third kappa shape index (κ3) is 3.64. The Morgan fingerprint density at radius 3 is 2.67 bits per heavy atom. The maximum atomic E-state index is 12.3. The van der Waals surface area contributed by atoms with E-state index in [4.69, 9.17) is 16.3 Å². The predicted octanol–water partition coefficient (Wildman–Crippen LogP) is 3.55. The number of hydrogen-bond donors (Lipinski definition) is 0. The normalized spacial score (nSPS) is 18.4. The van der Waals surface area contributed by atoms with Crippen LogP contribution >= 0.6 is 11.6 Å². The topological polar surface area (TPSA) is 55.3 Å². The molecule has 0 aliphatic carbocycles. The third-order valence-electron chi connectivity index (χ3n) is 3.39. The van der Waals surface area contributed by atoms with Crippen LogP contribution in [0, 0.1) is 0 Å². The molecule has 1 atom stereocenters. The van der Waals surface area contributed by atoms with Crippen LogP contribution in [0.1, 0.15) is 57.5 Å². The van der Waals surface area contributed by atoms with Gasteiger partial charge in [0.1, 0.15) is 5.60 Å². The lowest BCUT2D eigenvalue weighted by molar-refractivity contribution is 0.0206. The number of fused-ring (bicyclic) bond motifs is 1. The van der Waals surface area contributed by atoms with Gasteiger partial charge < -0.3 is 9.64 Å². The van der Waals surface area contributed by atoms with Gasteiger partial charge in [0, 0.05) is 18.0 Å². The first kappa shape index (κ1) is 16.0. The molecule has 1 amide bonds. The molecule has 1 aromatic rings. The Labute approximate surface area is 130 Å². The van der Waals surface area contributed by atoms with Crippen LogP contribution in [0.15, 0.2) is 0 Å². The molecule has 6 heteroatoms. The quantitative estimate of drug-likeness (QED) is 0.744. The maximum Gasteiger partial charge on any atom is 0.410 e. The van der Waals surface area contributed by atoms with Gasteiger partial charge in [0.05, 0.1) is 17.9 Å². The Morgan fingerprint density at radius 1 is 1.43 bits per heavy atom. The van der Waals surface area contributed by atoms with E-state index < -0.39 is 5.60 Å². The lowest BCUT2D eigenvalue weighted by Crippen LogP contribution is -2.41. The summed E-state index contributed by atoms with van der Waals surface area (Å²) in [4.78, 5) is 22.6. The highest BCUT2D eigenvalue weighted by Crippen LogP contribution is 2.30. The number of nitrogens with zero attached hydrogens (tertiary/aromatic N) is 3. The zero-order valence-corrected chi connectivity index (χ0v) is 14.0. The van der Waals surface area contributed by atoms with Crippen molar-refractivity contribution in [2.75, 3.05) is 6.54 Å². The second-order valence-corrected chi connectivity index (χ2v) is 6.76. The molecule has 0 bridgehead atoms. The first-order chi connectivity index (χ1) is 9.71. The Kier molecular flexibility index (Phi) is 4.42. The van der Waals surface area contributed by atoms with Crippen molar-refractivity contribution in [3.8, 4) is 0 Å². The largest absolute Gasteiger partial charge is 0.444 e. The smallest absolute Gasteiger partial charge is 0.410 e. The fourth-order valence-corrected chi connectivity index (χ4v) is 2.72. The Bertz CT molecular complexity index is 555. The predicted molar refractivity (Wildman–Crippen MR) is 81.5 cm³/mol. The minimum absolute atomic E-state index is 0.118.